The number of aliphatic hydroxyl groups is 1. The maximum atomic E-state index is 13.5. The Morgan fingerprint density at radius 2 is 1.86 bits per heavy atom. The third-order valence-corrected chi connectivity index (χ3v) is 7.51. The molecule has 3 atom stereocenters. The van der Waals surface area contributed by atoms with Gasteiger partial charge < -0.3 is 31.1 Å². The number of rotatable bonds is 6. The van der Waals surface area contributed by atoms with Crippen LogP contribution in [0.3, 0.4) is 0 Å². The number of aliphatic hydroxyl groups excluding tert-OH is 1. The summed E-state index contributed by atoms with van der Waals surface area (Å²) in [7, 11) is 0. The van der Waals surface area contributed by atoms with Crippen molar-refractivity contribution in [2.24, 2.45) is 0 Å². The quantitative estimate of drug-likeness (QED) is 0.361. The summed E-state index contributed by atoms with van der Waals surface area (Å²) in [6.07, 6.45) is -3.34. The van der Waals surface area contributed by atoms with E-state index < -0.39 is 59.6 Å². The molecule has 4 fully saturated rings. The van der Waals surface area contributed by atoms with Crippen molar-refractivity contribution in [2.75, 3.05) is 19.7 Å². The van der Waals surface area contributed by atoms with Crippen LogP contribution < -0.4 is 26.0 Å². The van der Waals surface area contributed by atoms with Crippen molar-refractivity contribution in [3.8, 4) is 5.75 Å². The summed E-state index contributed by atoms with van der Waals surface area (Å²) in [5.74, 6) is -1.43. The molecule has 8 nitrogen and oxygen atoms in total. The Kier molecular flexibility index (Phi) is 7.20. The maximum Gasteiger partial charge on any atom is 0.405 e. The second kappa shape index (κ2) is 9.72. The molecule has 3 saturated carbocycles. The normalized spacial score (nSPS) is 32.7. The van der Waals surface area contributed by atoms with E-state index in [1.54, 1.807) is 0 Å². The molecule has 1 aromatic rings. The van der Waals surface area contributed by atoms with Gasteiger partial charge in [-0.15, -0.1) is 0 Å². The van der Waals surface area contributed by atoms with Gasteiger partial charge in [-0.05, 0) is 44.2 Å². The molecular weight excluding hydrogens is 496 g/mol. The lowest BCUT2D eigenvalue weighted by atomic mass is 9.59. The Bertz CT molecular complexity index is 963. The average molecular weight is 523 g/mol. The Morgan fingerprint density at radius 3 is 2.43 bits per heavy atom. The Balaban J connectivity index is 1.28. The second-order valence-corrected chi connectivity index (χ2v) is 9.93. The van der Waals surface area contributed by atoms with Gasteiger partial charge in [0.25, 0.3) is 5.91 Å². The van der Waals surface area contributed by atoms with Crippen LogP contribution in [-0.2, 0) is 9.59 Å². The van der Waals surface area contributed by atoms with Gasteiger partial charge in [0.15, 0.2) is 6.61 Å². The Morgan fingerprint density at radius 1 is 1.14 bits per heavy atom. The molecule has 1 aliphatic heterocycles. The first-order valence-electron chi connectivity index (χ1n) is 11.3. The summed E-state index contributed by atoms with van der Waals surface area (Å²) >= 11 is 5.63. The lowest BCUT2D eigenvalue weighted by Crippen LogP contribution is -2.72. The van der Waals surface area contributed by atoms with E-state index in [-0.39, 0.29) is 30.3 Å². The van der Waals surface area contributed by atoms with Gasteiger partial charge in [-0.3, -0.25) is 9.59 Å². The van der Waals surface area contributed by atoms with Crippen molar-refractivity contribution in [1.82, 2.24) is 21.3 Å². The molecule has 2 unspecified atom stereocenters. The summed E-state index contributed by atoms with van der Waals surface area (Å²) in [6, 6.07) is 1.30. The molecule has 1 heterocycles. The number of carbonyl (C=O) groups excluding carboxylic acids is 2. The molecule has 5 rings (SSSR count). The van der Waals surface area contributed by atoms with Gasteiger partial charge in [0.2, 0.25) is 5.91 Å². The smallest absolute Gasteiger partial charge is 0.405 e. The van der Waals surface area contributed by atoms with Gasteiger partial charge in [0, 0.05) is 24.7 Å². The Labute approximate surface area is 204 Å². The molecule has 194 valence electrons. The number of alkyl halides is 3. The molecule has 0 aromatic heterocycles. The number of nitrogens with one attached hydrogen (secondary N) is 4. The fraction of sp³-hybridized carbons (Fsp3) is 0.636. The van der Waals surface area contributed by atoms with Crippen LogP contribution in [0.2, 0.25) is 5.02 Å². The van der Waals surface area contributed by atoms with Crippen LogP contribution >= 0.6 is 11.6 Å². The van der Waals surface area contributed by atoms with Crippen LogP contribution in [0, 0.1) is 5.82 Å². The number of ether oxygens (including phenoxy) is 1. The van der Waals surface area contributed by atoms with Gasteiger partial charge in [-0.25, -0.2) is 4.39 Å². The van der Waals surface area contributed by atoms with Gasteiger partial charge in [-0.1, -0.05) is 11.6 Å². The predicted molar refractivity (Wildman–Crippen MR) is 117 cm³/mol. The zero-order chi connectivity index (χ0) is 25.4. The highest BCUT2D eigenvalue weighted by molar-refractivity contribution is 6.30. The largest absolute Gasteiger partial charge is 0.484 e. The van der Waals surface area contributed by atoms with E-state index in [1.165, 1.54) is 12.1 Å². The van der Waals surface area contributed by atoms with Gasteiger partial charge in [0.1, 0.15) is 17.6 Å². The van der Waals surface area contributed by atoms with Crippen LogP contribution in [0.25, 0.3) is 0 Å². The van der Waals surface area contributed by atoms with Gasteiger partial charge in [-0.2, -0.15) is 13.2 Å². The molecule has 3 aliphatic carbocycles. The van der Waals surface area contributed by atoms with E-state index >= 15 is 0 Å². The van der Waals surface area contributed by atoms with E-state index in [9.17, 15) is 32.3 Å². The number of fused-ring (bicyclic) bond motifs is 3. The molecule has 5 N–H and O–H groups in total. The number of hydrogen-bond acceptors (Lipinski definition) is 6. The molecule has 1 aromatic carbocycles. The standard InChI is InChI=1S/C22H27ClF4N4O4/c23-13-2-1-12(7-14(13)24)35-11-18(33)30-21-5-3-20(4-6-21,8-17(21)32)31-19(34)15-9-29-16(10-28-15)22(25,26)27/h1-2,7,15-17,28-29,32H,3-6,8-11H2,(H,30,33)(H,31,34)/t15?,16?,17-,20?,21?/m0/s1. The minimum Gasteiger partial charge on any atom is -0.484 e. The summed E-state index contributed by atoms with van der Waals surface area (Å²) in [5, 5.41) is 21.5. The zero-order valence-electron chi connectivity index (χ0n) is 18.7. The SMILES string of the molecule is O=C(COc1ccc(Cl)c(F)c1)NC12CCC(NC(=O)C3CNC(C(F)(F)F)CN3)(CC1)C[C@@H]2O. The first kappa shape index (κ1) is 25.9. The van der Waals surface area contributed by atoms with Crippen molar-refractivity contribution in [1.29, 1.82) is 0 Å². The minimum absolute atomic E-state index is 0.0650. The topological polar surface area (TPSA) is 112 Å². The van der Waals surface area contributed by atoms with Crippen LogP contribution in [0.4, 0.5) is 17.6 Å². The third kappa shape index (κ3) is 5.65. The predicted octanol–water partition coefficient (Wildman–Crippen LogP) is 1.40. The summed E-state index contributed by atoms with van der Waals surface area (Å²) in [6.45, 7) is -0.945. The molecule has 13 heteroatoms. The number of piperazine rings is 1. The number of halogens is 5. The average Bonchev–Trinajstić information content (AvgIpc) is 2.80. The maximum absolute atomic E-state index is 13.5. The number of carbonyl (C=O) groups is 2. The highest BCUT2D eigenvalue weighted by Gasteiger charge is 2.55. The summed E-state index contributed by atoms with van der Waals surface area (Å²) < 4.78 is 57.3. The first-order chi connectivity index (χ1) is 16.4. The lowest BCUT2D eigenvalue weighted by Gasteiger charge is -2.56. The van der Waals surface area contributed by atoms with E-state index in [0.29, 0.717) is 25.7 Å². The van der Waals surface area contributed by atoms with Crippen molar-refractivity contribution in [3.05, 3.63) is 29.0 Å². The molecule has 4 aliphatic rings. The van der Waals surface area contributed by atoms with E-state index in [4.69, 9.17) is 16.3 Å². The van der Waals surface area contributed by atoms with Crippen LogP contribution in [0.1, 0.15) is 32.1 Å². The van der Waals surface area contributed by atoms with E-state index in [2.05, 4.69) is 21.3 Å². The highest BCUT2D eigenvalue weighted by atomic mass is 35.5. The molecule has 0 spiro atoms. The summed E-state index contributed by atoms with van der Waals surface area (Å²) in [5.41, 5.74) is -1.56. The molecule has 1 saturated heterocycles. The van der Waals surface area contributed by atoms with Gasteiger partial charge in [0.05, 0.1) is 22.7 Å². The second-order valence-electron chi connectivity index (χ2n) is 9.52. The van der Waals surface area contributed by atoms with E-state index in [1.807, 2.05) is 0 Å². The monoisotopic (exact) mass is 522 g/mol. The zero-order valence-corrected chi connectivity index (χ0v) is 19.4. The van der Waals surface area contributed by atoms with Crippen molar-refractivity contribution >= 4 is 23.4 Å². The molecule has 35 heavy (non-hydrogen) atoms. The van der Waals surface area contributed by atoms with Crippen LogP contribution in [0.5, 0.6) is 5.75 Å². The first-order valence-corrected chi connectivity index (χ1v) is 11.7. The minimum atomic E-state index is -4.40. The number of hydrogen-bond donors (Lipinski definition) is 5. The number of amides is 2. The van der Waals surface area contributed by atoms with Crippen molar-refractivity contribution in [2.45, 2.75) is 67.5 Å². The lowest BCUT2D eigenvalue weighted by molar-refractivity contribution is -0.160. The molecule has 0 radical (unpaired) electrons. The third-order valence-electron chi connectivity index (χ3n) is 7.21. The van der Waals surface area contributed by atoms with Crippen molar-refractivity contribution < 1.29 is 37.0 Å². The van der Waals surface area contributed by atoms with Crippen molar-refractivity contribution in [3.63, 3.8) is 0 Å². The fourth-order valence-electron chi connectivity index (χ4n) is 5.12. The Hall–Kier alpha value is -2.15. The molecule has 2 bridgehead atoms. The van der Waals surface area contributed by atoms with Gasteiger partial charge >= 0.3 is 6.18 Å². The highest BCUT2D eigenvalue weighted by Crippen LogP contribution is 2.47. The molecular formula is C22H27ClF4N4O4. The summed E-state index contributed by atoms with van der Waals surface area (Å²) in [4.78, 5) is 25.2. The number of benzene rings is 1. The van der Waals surface area contributed by atoms with Crippen LogP contribution in [0.15, 0.2) is 18.2 Å². The fourth-order valence-corrected chi connectivity index (χ4v) is 5.24. The van der Waals surface area contributed by atoms with Crippen LogP contribution in [-0.4, -0.2) is 72.1 Å². The molecule has 2 amide bonds. The van der Waals surface area contributed by atoms with E-state index in [0.717, 1.165) is 6.07 Å².